The first-order valence-electron chi connectivity index (χ1n) is 23.0. The fraction of sp³-hybridized carbons (Fsp3) is 0.918. The smallest absolute Gasteiger partial charge is 0.306 e. The molecule has 0 saturated heterocycles. The van der Waals surface area contributed by atoms with Gasteiger partial charge in [0.1, 0.15) is 6.10 Å². The predicted octanol–water partition coefficient (Wildman–Crippen LogP) is 14.7. The van der Waals surface area contributed by atoms with Gasteiger partial charge in [0, 0.05) is 12.3 Å². The second-order valence-electron chi connectivity index (χ2n) is 21.1. The summed E-state index contributed by atoms with van der Waals surface area (Å²) in [5.74, 6) is 3.29. The third-order valence-electron chi connectivity index (χ3n) is 16.2. The van der Waals surface area contributed by atoms with Crippen LogP contribution in [0, 0.1) is 57.2 Å². The van der Waals surface area contributed by atoms with Crippen LogP contribution >= 0.6 is 0 Å². The Kier molecular flexibility index (Phi) is 16.1. The largest absolute Gasteiger partial charge is 0.462 e. The lowest BCUT2D eigenvalue weighted by Crippen LogP contribution is -2.56. The van der Waals surface area contributed by atoms with Crippen LogP contribution < -0.4 is 0 Å². The van der Waals surface area contributed by atoms with E-state index in [0.717, 1.165) is 38.5 Å². The molecule has 0 amide bonds. The van der Waals surface area contributed by atoms with Crippen molar-refractivity contribution in [2.24, 2.45) is 57.2 Å². The normalized spacial score (nSPS) is 34.2. The lowest BCUT2D eigenvalue weighted by molar-refractivity contribution is -0.156. The zero-order chi connectivity index (χ0) is 38.2. The Morgan fingerprint density at radius 3 is 1.92 bits per heavy atom. The van der Waals surface area contributed by atoms with E-state index in [9.17, 15) is 9.59 Å². The van der Waals surface area contributed by atoms with E-state index in [1.54, 1.807) is 0 Å². The Labute approximate surface area is 323 Å². The Hall–Kier alpha value is -1.12. The molecule has 10 atom stereocenters. The molecule has 0 N–H and O–H groups in total. The number of allylic oxidation sites excluding steroid dienone is 2. The third kappa shape index (κ3) is 10.4. The van der Waals surface area contributed by atoms with Gasteiger partial charge in [-0.05, 0) is 115 Å². The van der Waals surface area contributed by atoms with Crippen LogP contribution in [0.4, 0.5) is 0 Å². The number of rotatable bonds is 21. The monoisotopic (exact) mass is 723 g/mol. The molecule has 0 heterocycles. The van der Waals surface area contributed by atoms with Gasteiger partial charge in [-0.25, -0.2) is 0 Å². The highest BCUT2D eigenvalue weighted by Crippen LogP contribution is 2.72. The van der Waals surface area contributed by atoms with Crippen LogP contribution in [-0.4, -0.2) is 17.9 Å². The summed E-state index contributed by atoms with van der Waals surface area (Å²) in [5.41, 5.74) is 1.96. The molecule has 300 valence electrons. The Balaban J connectivity index is 1.28. The summed E-state index contributed by atoms with van der Waals surface area (Å²) in [6, 6.07) is 0. The number of carbonyl (C=O) groups is 2. The zero-order valence-electron chi connectivity index (χ0n) is 36.3. The van der Waals surface area contributed by atoms with Crippen molar-refractivity contribution in [3.63, 3.8) is 0 Å². The minimum absolute atomic E-state index is 0.0234. The van der Waals surface area contributed by atoms with Crippen LogP contribution in [0.2, 0.25) is 0 Å². The Morgan fingerprint density at radius 2 is 1.37 bits per heavy atom. The molecule has 3 saturated carbocycles. The lowest BCUT2D eigenvalue weighted by Gasteiger charge is -2.61. The minimum Gasteiger partial charge on any atom is -0.462 e. The summed E-state index contributed by atoms with van der Waals surface area (Å²) >= 11 is 0. The van der Waals surface area contributed by atoms with Crippen molar-refractivity contribution >= 4 is 11.8 Å². The van der Waals surface area contributed by atoms with Crippen LogP contribution in [0.15, 0.2) is 11.6 Å². The SMILES string of the molecule is CCCCCCCCCCCCCCCCCC(=O)O[C@H](CCC(C)(C)C)[C@@H](C)[C@H]1CC[C@@]2(C)C3=CC(=O)[C@@H]4C[C@@H](C)[C@@H](C)C[C@]4(C)C3CC[C@]12C. The quantitative estimate of drug-likeness (QED) is 0.0875. The van der Waals surface area contributed by atoms with Crippen molar-refractivity contribution in [2.45, 2.75) is 229 Å². The maximum absolute atomic E-state index is 13.9. The van der Waals surface area contributed by atoms with E-state index in [1.807, 2.05) is 0 Å². The van der Waals surface area contributed by atoms with Gasteiger partial charge in [0.25, 0.3) is 0 Å². The first-order valence-corrected chi connectivity index (χ1v) is 23.0. The average Bonchev–Trinajstić information content (AvgIpc) is 3.36. The molecular formula is C49H86O3. The van der Waals surface area contributed by atoms with Crippen LogP contribution in [0.3, 0.4) is 0 Å². The lowest BCUT2D eigenvalue weighted by atomic mass is 9.42. The van der Waals surface area contributed by atoms with E-state index >= 15 is 0 Å². The molecule has 0 aromatic carbocycles. The Bertz CT molecular complexity index is 1160. The van der Waals surface area contributed by atoms with Gasteiger partial charge in [0.15, 0.2) is 5.78 Å². The standard InChI is InChI=1S/C49H86O3/c1-11-12-13-14-15-16-17-18-19-20-21-22-23-24-25-26-45(51)52-44(29-30-46(5,6)7)38(4)39-27-31-49(10)41-34-43(50)42-33-36(2)37(3)35-47(42,8)40(41)28-32-48(39,49)9/h34,36-40,42,44H,11-33,35H2,1-10H3/t36-,37+,38+,39-,40?,42+,44-,47-,48-,49+/m1/s1. The molecule has 3 nitrogen and oxygen atoms in total. The van der Waals surface area contributed by atoms with Gasteiger partial charge in [0.2, 0.25) is 0 Å². The minimum atomic E-state index is -0.0329. The molecule has 4 aliphatic rings. The van der Waals surface area contributed by atoms with Crippen LogP contribution in [0.25, 0.3) is 0 Å². The molecule has 0 spiro atoms. The highest BCUT2D eigenvalue weighted by Gasteiger charge is 2.65. The number of carbonyl (C=O) groups excluding carboxylic acids is 2. The molecule has 4 aliphatic carbocycles. The van der Waals surface area contributed by atoms with Gasteiger partial charge in [0.05, 0.1) is 0 Å². The van der Waals surface area contributed by atoms with E-state index in [-0.39, 0.29) is 39.7 Å². The maximum Gasteiger partial charge on any atom is 0.306 e. The summed E-state index contributed by atoms with van der Waals surface area (Å²) in [7, 11) is 0. The van der Waals surface area contributed by atoms with E-state index < -0.39 is 0 Å². The third-order valence-corrected chi connectivity index (χ3v) is 16.2. The van der Waals surface area contributed by atoms with Crippen LogP contribution in [0.1, 0.15) is 223 Å². The number of hydrogen-bond donors (Lipinski definition) is 0. The van der Waals surface area contributed by atoms with Crippen molar-refractivity contribution in [2.75, 3.05) is 0 Å². The number of hydrogen-bond acceptors (Lipinski definition) is 3. The molecule has 0 aliphatic heterocycles. The van der Waals surface area contributed by atoms with Crippen LogP contribution in [0.5, 0.6) is 0 Å². The molecule has 0 radical (unpaired) electrons. The summed E-state index contributed by atoms with van der Waals surface area (Å²) < 4.78 is 6.52. The van der Waals surface area contributed by atoms with Gasteiger partial charge in [-0.1, -0.05) is 165 Å². The van der Waals surface area contributed by atoms with E-state index in [0.29, 0.717) is 41.8 Å². The molecule has 52 heavy (non-hydrogen) atoms. The fourth-order valence-electron chi connectivity index (χ4n) is 12.3. The molecule has 1 unspecified atom stereocenters. The van der Waals surface area contributed by atoms with Crippen molar-refractivity contribution in [3.8, 4) is 0 Å². The topological polar surface area (TPSA) is 43.4 Å². The number of ketones is 1. The number of fused-ring (bicyclic) bond motifs is 5. The van der Waals surface area contributed by atoms with Crippen molar-refractivity contribution in [1.29, 1.82) is 0 Å². The summed E-state index contributed by atoms with van der Waals surface area (Å²) in [6.45, 7) is 24.0. The highest BCUT2D eigenvalue weighted by molar-refractivity contribution is 5.94. The van der Waals surface area contributed by atoms with Crippen molar-refractivity contribution < 1.29 is 14.3 Å². The molecular weight excluding hydrogens is 637 g/mol. The van der Waals surface area contributed by atoms with Gasteiger partial charge >= 0.3 is 5.97 Å². The summed E-state index contributed by atoms with van der Waals surface area (Å²) in [5, 5.41) is 0. The predicted molar refractivity (Wildman–Crippen MR) is 221 cm³/mol. The van der Waals surface area contributed by atoms with Gasteiger partial charge in [-0.2, -0.15) is 0 Å². The number of ether oxygens (including phenoxy) is 1. The first-order chi connectivity index (χ1) is 24.6. The Morgan fingerprint density at radius 1 is 0.808 bits per heavy atom. The van der Waals surface area contributed by atoms with Gasteiger partial charge in [-0.15, -0.1) is 0 Å². The number of unbranched alkanes of at least 4 members (excludes halogenated alkanes) is 14. The van der Waals surface area contributed by atoms with Gasteiger partial charge in [-0.3, -0.25) is 9.59 Å². The van der Waals surface area contributed by atoms with Crippen molar-refractivity contribution in [1.82, 2.24) is 0 Å². The van der Waals surface area contributed by atoms with E-state index in [1.165, 1.54) is 115 Å². The van der Waals surface area contributed by atoms with Crippen molar-refractivity contribution in [3.05, 3.63) is 11.6 Å². The second kappa shape index (κ2) is 19.2. The highest BCUT2D eigenvalue weighted by atomic mass is 16.5. The zero-order valence-corrected chi connectivity index (χ0v) is 36.3. The molecule has 0 bridgehead atoms. The number of esters is 1. The summed E-state index contributed by atoms with van der Waals surface area (Å²) in [4.78, 5) is 27.3. The molecule has 4 rings (SSSR count). The first kappa shape index (κ1) is 43.6. The van der Waals surface area contributed by atoms with Gasteiger partial charge < -0.3 is 4.74 Å². The van der Waals surface area contributed by atoms with E-state index in [4.69, 9.17) is 4.74 Å². The molecule has 0 aromatic heterocycles. The molecule has 3 heteroatoms. The molecule has 0 aromatic rings. The maximum atomic E-state index is 13.9. The van der Waals surface area contributed by atoms with Crippen LogP contribution in [-0.2, 0) is 14.3 Å². The fourth-order valence-corrected chi connectivity index (χ4v) is 12.3. The summed E-state index contributed by atoms with van der Waals surface area (Å²) in [6.07, 6.45) is 31.7. The molecule has 3 fully saturated rings. The second-order valence-corrected chi connectivity index (χ2v) is 21.1. The van der Waals surface area contributed by atoms with E-state index in [2.05, 4.69) is 75.3 Å². The average molecular weight is 723 g/mol.